The van der Waals surface area contributed by atoms with Gasteiger partial charge in [0.05, 0.1) is 0 Å². The first-order valence-corrected chi connectivity index (χ1v) is 7.16. The molecule has 0 amide bonds. The number of hydrogen-bond donors (Lipinski definition) is 1. The highest BCUT2D eigenvalue weighted by molar-refractivity contribution is 5.42. The summed E-state index contributed by atoms with van der Waals surface area (Å²) < 4.78 is 0. The molecule has 1 spiro atoms. The van der Waals surface area contributed by atoms with E-state index in [0.717, 1.165) is 5.92 Å². The molecule has 0 aromatic heterocycles. The molecular formula is C16H23N. The molecule has 1 nitrogen and oxygen atoms in total. The minimum atomic E-state index is 0.565. The van der Waals surface area contributed by atoms with E-state index in [1.165, 1.54) is 45.2 Å². The first-order chi connectivity index (χ1) is 8.37. The van der Waals surface area contributed by atoms with Gasteiger partial charge in [0.15, 0.2) is 0 Å². The molecule has 0 aliphatic heterocycles. The van der Waals surface area contributed by atoms with E-state index in [2.05, 4.69) is 36.5 Å². The molecule has 17 heavy (non-hydrogen) atoms. The topological polar surface area (TPSA) is 12.0 Å². The van der Waals surface area contributed by atoms with Gasteiger partial charge >= 0.3 is 0 Å². The summed E-state index contributed by atoms with van der Waals surface area (Å²) in [5.41, 5.74) is 3.86. The number of fused-ring (bicyclic) bond motifs is 2. The van der Waals surface area contributed by atoms with Crippen molar-refractivity contribution < 1.29 is 0 Å². The minimum Gasteiger partial charge on any atom is -0.316 e. The normalized spacial score (nSPS) is 30.3. The van der Waals surface area contributed by atoms with Gasteiger partial charge in [-0.2, -0.15) is 0 Å². The van der Waals surface area contributed by atoms with E-state index < -0.39 is 0 Å². The van der Waals surface area contributed by atoms with E-state index in [-0.39, 0.29) is 0 Å². The second-order valence-electron chi connectivity index (χ2n) is 5.77. The summed E-state index contributed by atoms with van der Waals surface area (Å²) in [6.07, 6.45) is 6.77. The lowest BCUT2D eigenvalue weighted by atomic mass is 9.78. The number of benzene rings is 1. The van der Waals surface area contributed by atoms with Crippen LogP contribution in [0.25, 0.3) is 0 Å². The fourth-order valence-corrected chi connectivity index (χ4v) is 3.69. The predicted octanol–water partition coefficient (Wildman–Crippen LogP) is 3.28. The van der Waals surface area contributed by atoms with Gasteiger partial charge in [-0.3, -0.25) is 0 Å². The van der Waals surface area contributed by atoms with E-state index in [1.807, 2.05) is 0 Å². The monoisotopic (exact) mass is 229 g/mol. The van der Waals surface area contributed by atoms with Crippen LogP contribution < -0.4 is 5.32 Å². The molecule has 2 atom stereocenters. The molecule has 2 aliphatic rings. The third-order valence-corrected chi connectivity index (χ3v) is 4.67. The van der Waals surface area contributed by atoms with Crippen LogP contribution in [0.1, 0.15) is 43.7 Å². The molecule has 1 aromatic carbocycles. The molecule has 0 bridgehead atoms. The Balaban J connectivity index is 1.74. The van der Waals surface area contributed by atoms with Crippen LogP contribution in [-0.4, -0.2) is 13.1 Å². The molecule has 92 valence electrons. The van der Waals surface area contributed by atoms with Gasteiger partial charge in [0.2, 0.25) is 0 Å². The first-order valence-electron chi connectivity index (χ1n) is 7.16. The molecule has 0 radical (unpaired) electrons. The molecule has 1 aromatic rings. The second kappa shape index (κ2) is 4.45. The fraction of sp³-hybridized carbons (Fsp3) is 0.625. The van der Waals surface area contributed by atoms with Crippen LogP contribution in [-0.2, 0) is 11.8 Å². The molecular weight excluding hydrogens is 206 g/mol. The Hall–Kier alpha value is -0.820. The molecule has 3 rings (SSSR count). The van der Waals surface area contributed by atoms with Crippen molar-refractivity contribution in [2.45, 2.75) is 44.4 Å². The van der Waals surface area contributed by atoms with Gasteiger partial charge in [0.1, 0.15) is 0 Å². The zero-order valence-electron chi connectivity index (χ0n) is 10.8. The zero-order chi connectivity index (χ0) is 11.7. The van der Waals surface area contributed by atoms with Crippen molar-refractivity contribution in [3.8, 4) is 0 Å². The Morgan fingerprint density at radius 1 is 1.35 bits per heavy atom. The number of aryl methyl sites for hydroxylation is 1. The Labute approximate surface area is 105 Å². The summed E-state index contributed by atoms with van der Waals surface area (Å²) in [7, 11) is 0. The number of hydrogen-bond acceptors (Lipinski definition) is 1. The van der Waals surface area contributed by atoms with E-state index >= 15 is 0 Å². The highest BCUT2D eigenvalue weighted by atomic mass is 14.9. The quantitative estimate of drug-likeness (QED) is 0.781. The third kappa shape index (κ3) is 1.91. The predicted molar refractivity (Wildman–Crippen MR) is 72.3 cm³/mol. The summed E-state index contributed by atoms with van der Waals surface area (Å²) in [4.78, 5) is 0. The summed E-state index contributed by atoms with van der Waals surface area (Å²) in [6.45, 7) is 4.64. The van der Waals surface area contributed by atoms with Gasteiger partial charge in [-0.25, -0.2) is 0 Å². The maximum atomic E-state index is 3.60. The van der Waals surface area contributed by atoms with E-state index in [9.17, 15) is 0 Å². The minimum absolute atomic E-state index is 0.565. The second-order valence-corrected chi connectivity index (χ2v) is 5.77. The van der Waals surface area contributed by atoms with Crippen LogP contribution in [0.5, 0.6) is 0 Å². The Morgan fingerprint density at radius 3 is 3.12 bits per heavy atom. The third-order valence-electron chi connectivity index (χ3n) is 4.67. The highest BCUT2D eigenvalue weighted by Crippen LogP contribution is 2.59. The number of nitrogens with one attached hydrogen (secondary N) is 1. The summed E-state index contributed by atoms with van der Waals surface area (Å²) >= 11 is 0. The van der Waals surface area contributed by atoms with Gasteiger partial charge in [0, 0.05) is 0 Å². The van der Waals surface area contributed by atoms with Crippen molar-refractivity contribution in [3.05, 3.63) is 35.4 Å². The Kier molecular flexibility index (Phi) is 2.96. The van der Waals surface area contributed by atoms with Crippen LogP contribution in [0.3, 0.4) is 0 Å². The Bertz CT molecular complexity index is 398. The van der Waals surface area contributed by atoms with E-state index in [0.29, 0.717) is 5.41 Å². The van der Waals surface area contributed by atoms with E-state index in [1.54, 1.807) is 11.1 Å². The van der Waals surface area contributed by atoms with Crippen molar-refractivity contribution in [2.75, 3.05) is 13.1 Å². The van der Waals surface area contributed by atoms with Gasteiger partial charge in [-0.15, -0.1) is 0 Å². The van der Waals surface area contributed by atoms with Crippen LogP contribution in [0, 0.1) is 5.92 Å². The molecule has 2 aliphatic carbocycles. The molecule has 2 unspecified atom stereocenters. The summed E-state index contributed by atoms with van der Waals surface area (Å²) in [5, 5.41) is 3.60. The van der Waals surface area contributed by atoms with Crippen LogP contribution >= 0.6 is 0 Å². The Morgan fingerprint density at radius 2 is 2.24 bits per heavy atom. The molecule has 1 heteroatoms. The molecule has 0 saturated heterocycles. The van der Waals surface area contributed by atoms with Crippen LogP contribution in [0.4, 0.5) is 0 Å². The van der Waals surface area contributed by atoms with Crippen molar-refractivity contribution in [3.63, 3.8) is 0 Å². The van der Waals surface area contributed by atoms with Gasteiger partial charge in [-0.05, 0) is 67.7 Å². The fourth-order valence-electron chi connectivity index (χ4n) is 3.69. The van der Waals surface area contributed by atoms with Gasteiger partial charge in [0.25, 0.3) is 0 Å². The van der Waals surface area contributed by atoms with Crippen LogP contribution in [0.15, 0.2) is 24.3 Å². The van der Waals surface area contributed by atoms with Crippen molar-refractivity contribution in [1.29, 1.82) is 0 Å². The van der Waals surface area contributed by atoms with Crippen LogP contribution in [0.2, 0.25) is 0 Å². The first kappa shape index (κ1) is 11.3. The molecule has 1 N–H and O–H groups in total. The standard InChI is InChI=1S/C16H23N/c1-2-10-17-12-14-11-16(14)9-5-7-13-6-3-4-8-15(13)16/h3-4,6,8,14,17H,2,5,7,9-12H2,1H3. The average molecular weight is 229 g/mol. The molecule has 0 heterocycles. The van der Waals surface area contributed by atoms with Crippen molar-refractivity contribution in [2.24, 2.45) is 5.92 Å². The SMILES string of the molecule is CCCNCC1CC12CCCc1ccccc12. The zero-order valence-corrected chi connectivity index (χ0v) is 10.8. The maximum absolute atomic E-state index is 3.60. The van der Waals surface area contributed by atoms with E-state index in [4.69, 9.17) is 0 Å². The smallest absolute Gasteiger partial charge is 0.00000881 e. The lowest BCUT2D eigenvalue weighted by Crippen LogP contribution is -2.24. The van der Waals surface area contributed by atoms with Crippen molar-refractivity contribution in [1.82, 2.24) is 5.32 Å². The van der Waals surface area contributed by atoms with Gasteiger partial charge in [-0.1, -0.05) is 31.2 Å². The molecule has 1 fully saturated rings. The van der Waals surface area contributed by atoms with Gasteiger partial charge < -0.3 is 5.32 Å². The lowest BCUT2D eigenvalue weighted by molar-refractivity contribution is 0.479. The highest BCUT2D eigenvalue weighted by Gasteiger charge is 2.55. The molecule has 1 saturated carbocycles. The largest absolute Gasteiger partial charge is 0.316 e. The maximum Gasteiger partial charge on any atom is -0.00000881 e. The summed E-state index contributed by atoms with van der Waals surface area (Å²) in [5.74, 6) is 0.899. The average Bonchev–Trinajstić information content (AvgIpc) is 3.04. The van der Waals surface area contributed by atoms with Crippen molar-refractivity contribution >= 4 is 0 Å². The summed E-state index contributed by atoms with van der Waals surface area (Å²) in [6, 6.07) is 9.14. The lowest BCUT2D eigenvalue weighted by Gasteiger charge is -2.26. The number of rotatable bonds is 4.